The highest BCUT2D eigenvalue weighted by molar-refractivity contribution is 6.99. The van der Waals surface area contributed by atoms with Crippen molar-refractivity contribution in [1.29, 1.82) is 0 Å². The third-order valence-electron chi connectivity index (χ3n) is 9.24. The Balaban J connectivity index is 1.55. The molecular formula is C37H52O6Si. The van der Waals surface area contributed by atoms with Crippen molar-refractivity contribution in [2.45, 2.75) is 102 Å². The zero-order valence-electron chi connectivity index (χ0n) is 27.4. The summed E-state index contributed by atoms with van der Waals surface area (Å²) in [6.07, 6.45) is 2.40. The quantitative estimate of drug-likeness (QED) is 0.203. The minimum atomic E-state index is -2.70. The summed E-state index contributed by atoms with van der Waals surface area (Å²) in [6, 6.07) is 29.3. The zero-order valence-corrected chi connectivity index (χ0v) is 28.4. The van der Waals surface area contributed by atoms with Crippen molar-refractivity contribution in [3.63, 3.8) is 0 Å². The van der Waals surface area contributed by atoms with E-state index in [1.54, 1.807) is 7.11 Å². The molecule has 0 spiro atoms. The lowest BCUT2D eigenvalue weighted by molar-refractivity contribution is -0.110. The van der Waals surface area contributed by atoms with E-state index in [2.05, 4.69) is 88.4 Å². The van der Waals surface area contributed by atoms with E-state index in [4.69, 9.17) is 18.6 Å². The lowest BCUT2D eigenvalue weighted by Gasteiger charge is -2.44. The second-order valence-electron chi connectivity index (χ2n) is 13.8. The summed E-state index contributed by atoms with van der Waals surface area (Å²) in [5, 5.41) is 23.3. The Hall–Kier alpha value is -2.52. The minimum absolute atomic E-state index is 0.0432. The number of hydrogen-bond donors (Lipinski definition) is 2. The van der Waals surface area contributed by atoms with Crippen molar-refractivity contribution in [3.8, 4) is 5.75 Å². The van der Waals surface area contributed by atoms with E-state index in [9.17, 15) is 10.2 Å². The average molecular weight is 621 g/mol. The molecule has 0 saturated carbocycles. The first kappa shape index (κ1) is 34.4. The van der Waals surface area contributed by atoms with E-state index in [0.29, 0.717) is 32.5 Å². The van der Waals surface area contributed by atoms with Crippen molar-refractivity contribution >= 4 is 18.7 Å². The second kappa shape index (κ2) is 14.7. The standard InChI is InChI=1S/C37H52O6Si/c1-35(2,3)44(31-13-9-7-10-14-31,32-15-11-8-12-16-32)42-26-25-36(4,41-27-29-17-19-30(40-6)20-18-29)23-21-33(39)34-22-24-37(5,28-38)43-34/h7-20,33-34,38-39H,21-28H2,1-6H3/t33-,34-,36+,37-/m1/s1. The SMILES string of the molecule is COc1ccc(CO[C@](C)(CCO[Si](c2ccccc2)(c2ccccc2)C(C)(C)C)CC[C@@H](O)[C@H]2CC[C@](C)(CO)O2)cc1. The zero-order chi connectivity index (χ0) is 31.8. The largest absolute Gasteiger partial charge is 0.497 e. The molecule has 4 atom stereocenters. The van der Waals surface area contributed by atoms with Gasteiger partial charge < -0.3 is 28.8 Å². The van der Waals surface area contributed by atoms with Crippen LogP contribution in [-0.4, -0.2) is 62.3 Å². The van der Waals surface area contributed by atoms with E-state index in [1.807, 2.05) is 31.2 Å². The van der Waals surface area contributed by atoms with E-state index in [1.165, 1.54) is 10.4 Å². The van der Waals surface area contributed by atoms with Gasteiger partial charge in [0.25, 0.3) is 8.32 Å². The summed E-state index contributed by atoms with van der Waals surface area (Å²) in [7, 11) is -1.03. The molecule has 3 aromatic rings. The maximum absolute atomic E-state index is 11.1. The Morgan fingerprint density at radius 2 is 1.50 bits per heavy atom. The lowest BCUT2D eigenvalue weighted by atomic mass is 9.92. The number of ether oxygens (including phenoxy) is 3. The van der Waals surface area contributed by atoms with Crippen LogP contribution in [0.4, 0.5) is 0 Å². The molecule has 1 aliphatic heterocycles. The summed E-state index contributed by atoms with van der Waals surface area (Å²) >= 11 is 0. The van der Waals surface area contributed by atoms with Gasteiger partial charge in [-0.1, -0.05) is 93.6 Å². The molecule has 0 radical (unpaired) electrons. The van der Waals surface area contributed by atoms with Crippen molar-refractivity contribution in [3.05, 3.63) is 90.5 Å². The maximum atomic E-state index is 11.1. The molecule has 2 N–H and O–H groups in total. The molecule has 1 fully saturated rings. The van der Waals surface area contributed by atoms with Crippen LogP contribution in [0.3, 0.4) is 0 Å². The highest BCUT2D eigenvalue weighted by atomic mass is 28.4. The van der Waals surface area contributed by atoms with Crippen LogP contribution in [0.5, 0.6) is 5.75 Å². The summed E-state index contributed by atoms with van der Waals surface area (Å²) in [6.45, 7) is 11.8. The summed E-state index contributed by atoms with van der Waals surface area (Å²) in [5.41, 5.74) is -0.0717. The molecule has 7 heteroatoms. The van der Waals surface area contributed by atoms with E-state index < -0.39 is 25.6 Å². The lowest BCUT2D eigenvalue weighted by Crippen LogP contribution is -2.66. The highest BCUT2D eigenvalue weighted by Gasteiger charge is 2.50. The summed E-state index contributed by atoms with van der Waals surface area (Å²) in [4.78, 5) is 0. The number of methoxy groups -OCH3 is 1. The molecule has 0 aliphatic carbocycles. The van der Waals surface area contributed by atoms with E-state index in [-0.39, 0.29) is 17.7 Å². The number of aliphatic hydroxyl groups is 2. The Morgan fingerprint density at radius 3 is 2.00 bits per heavy atom. The molecule has 4 rings (SSSR count). The Bertz CT molecular complexity index is 1240. The Morgan fingerprint density at radius 1 is 0.909 bits per heavy atom. The Labute approximate surface area is 265 Å². The predicted molar refractivity (Wildman–Crippen MR) is 179 cm³/mol. The third kappa shape index (κ3) is 8.19. The fourth-order valence-electron chi connectivity index (χ4n) is 6.39. The molecule has 0 aromatic heterocycles. The van der Waals surface area contributed by atoms with Crippen LogP contribution in [-0.2, 0) is 20.5 Å². The maximum Gasteiger partial charge on any atom is 0.261 e. The highest BCUT2D eigenvalue weighted by Crippen LogP contribution is 2.38. The monoisotopic (exact) mass is 620 g/mol. The molecule has 6 nitrogen and oxygen atoms in total. The smallest absolute Gasteiger partial charge is 0.261 e. The van der Waals surface area contributed by atoms with Gasteiger partial charge in [0, 0.05) is 6.61 Å². The predicted octanol–water partition coefficient (Wildman–Crippen LogP) is 6.01. The van der Waals surface area contributed by atoms with Crippen molar-refractivity contribution in [1.82, 2.24) is 0 Å². The van der Waals surface area contributed by atoms with Crippen LogP contribution in [0, 0.1) is 0 Å². The topological polar surface area (TPSA) is 77.4 Å². The number of rotatable bonds is 15. The average Bonchev–Trinajstić information content (AvgIpc) is 3.44. The van der Waals surface area contributed by atoms with Gasteiger partial charge in [-0.05, 0) is 79.1 Å². The van der Waals surface area contributed by atoms with E-state index in [0.717, 1.165) is 24.2 Å². The van der Waals surface area contributed by atoms with Gasteiger partial charge in [0.15, 0.2) is 0 Å². The molecule has 3 aromatic carbocycles. The molecular weight excluding hydrogens is 568 g/mol. The van der Waals surface area contributed by atoms with Crippen LogP contribution < -0.4 is 15.1 Å². The second-order valence-corrected chi connectivity index (χ2v) is 18.1. The van der Waals surface area contributed by atoms with Gasteiger partial charge in [-0.25, -0.2) is 0 Å². The van der Waals surface area contributed by atoms with Crippen LogP contribution >= 0.6 is 0 Å². The first-order valence-electron chi connectivity index (χ1n) is 15.9. The molecule has 1 saturated heterocycles. The normalized spacial score (nSPS) is 21.1. The van der Waals surface area contributed by atoms with Gasteiger partial charge in [0.05, 0.1) is 43.7 Å². The van der Waals surface area contributed by atoms with Crippen molar-refractivity contribution < 1.29 is 28.8 Å². The molecule has 0 amide bonds. The summed E-state index contributed by atoms with van der Waals surface area (Å²) in [5.74, 6) is 0.810. The fourth-order valence-corrected chi connectivity index (χ4v) is 11.0. The molecule has 240 valence electrons. The molecule has 0 unspecified atom stereocenters. The van der Waals surface area contributed by atoms with Crippen molar-refractivity contribution in [2.75, 3.05) is 20.3 Å². The Kier molecular flexibility index (Phi) is 11.5. The van der Waals surface area contributed by atoms with Crippen LogP contribution in [0.15, 0.2) is 84.9 Å². The molecule has 1 aliphatic rings. The van der Waals surface area contributed by atoms with Gasteiger partial charge in [-0.3, -0.25) is 0 Å². The third-order valence-corrected chi connectivity index (χ3v) is 14.3. The number of hydrogen-bond acceptors (Lipinski definition) is 6. The number of aliphatic hydroxyl groups excluding tert-OH is 2. The molecule has 0 bridgehead atoms. The number of benzene rings is 3. The summed E-state index contributed by atoms with van der Waals surface area (Å²) < 4.78 is 25.3. The van der Waals surface area contributed by atoms with E-state index >= 15 is 0 Å². The first-order chi connectivity index (χ1) is 20.9. The van der Waals surface area contributed by atoms with Gasteiger partial charge >= 0.3 is 0 Å². The van der Waals surface area contributed by atoms with Gasteiger partial charge in [-0.2, -0.15) is 0 Å². The minimum Gasteiger partial charge on any atom is -0.497 e. The first-order valence-corrected chi connectivity index (χ1v) is 17.8. The van der Waals surface area contributed by atoms with Crippen LogP contribution in [0.25, 0.3) is 0 Å². The van der Waals surface area contributed by atoms with Crippen LogP contribution in [0.2, 0.25) is 5.04 Å². The van der Waals surface area contributed by atoms with Gasteiger partial charge in [0.1, 0.15) is 5.75 Å². The van der Waals surface area contributed by atoms with Gasteiger partial charge in [-0.15, -0.1) is 0 Å². The van der Waals surface area contributed by atoms with Crippen molar-refractivity contribution in [2.24, 2.45) is 0 Å². The molecule has 44 heavy (non-hydrogen) atoms. The fraction of sp³-hybridized carbons (Fsp3) is 0.514. The van der Waals surface area contributed by atoms with Gasteiger partial charge in [0.2, 0.25) is 0 Å². The molecule has 1 heterocycles. The van der Waals surface area contributed by atoms with Crippen LogP contribution in [0.1, 0.15) is 72.3 Å².